The average molecular weight is 487 g/mol. The number of fused-ring (bicyclic) bond motifs is 1. The van der Waals surface area contributed by atoms with Gasteiger partial charge in [0.25, 0.3) is 6.43 Å². The molecular formula is C25H19F2N7O2. The number of rotatable bonds is 8. The van der Waals surface area contributed by atoms with Gasteiger partial charge in [-0.3, -0.25) is 14.5 Å². The second-order valence-electron chi connectivity index (χ2n) is 7.68. The van der Waals surface area contributed by atoms with Crippen molar-refractivity contribution in [1.82, 2.24) is 29.7 Å². The van der Waals surface area contributed by atoms with Crippen molar-refractivity contribution < 1.29 is 18.3 Å². The number of amides is 1. The van der Waals surface area contributed by atoms with Crippen molar-refractivity contribution in [2.75, 3.05) is 5.32 Å². The molecule has 4 aromatic heterocycles. The van der Waals surface area contributed by atoms with Crippen LogP contribution in [0.5, 0.6) is 11.6 Å². The summed E-state index contributed by atoms with van der Waals surface area (Å²) in [6, 6.07) is 12.1. The molecule has 2 N–H and O–H groups in total. The monoisotopic (exact) mass is 487 g/mol. The van der Waals surface area contributed by atoms with Crippen molar-refractivity contribution in [3.63, 3.8) is 0 Å². The quantitative estimate of drug-likeness (QED) is 0.294. The lowest BCUT2D eigenvalue weighted by atomic mass is 10.1. The van der Waals surface area contributed by atoms with E-state index in [1.165, 1.54) is 10.9 Å². The second-order valence-corrected chi connectivity index (χ2v) is 7.68. The minimum atomic E-state index is -2.80. The highest BCUT2D eigenvalue weighted by atomic mass is 19.3. The Bertz CT molecular complexity index is 1550. The Labute approximate surface area is 203 Å². The molecule has 0 radical (unpaired) electrons. The van der Waals surface area contributed by atoms with Gasteiger partial charge in [-0.1, -0.05) is 18.7 Å². The summed E-state index contributed by atoms with van der Waals surface area (Å²) in [5.41, 5.74) is 2.23. The first-order valence-corrected chi connectivity index (χ1v) is 10.8. The summed E-state index contributed by atoms with van der Waals surface area (Å²) in [6.45, 7) is 3.66. The standard InChI is InChI=1S/C25H19F2N7O2/c1-2-20(35)31-15-7-5-8-17(10-15)36-21-12-30-25-23(32-21)18(11-29-25)19-14-34(33-22(19)24(26)27)13-16-6-3-4-9-28-16/h2-12,14,24H,1,13H2,(H,29,30)(H,31,35). The van der Waals surface area contributed by atoms with Crippen LogP contribution in [0.15, 0.2) is 79.9 Å². The minimum Gasteiger partial charge on any atom is -0.437 e. The molecule has 0 aliphatic heterocycles. The molecule has 0 spiro atoms. The molecule has 0 unspecified atom stereocenters. The Morgan fingerprint density at radius 1 is 1.19 bits per heavy atom. The zero-order valence-corrected chi connectivity index (χ0v) is 18.7. The molecule has 0 saturated heterocycles. The Kier molecular flexibility index (Phi) is 6.18. The third kappa shape index (κ3) is 4.80. The van der Waals surface area contributed by atoms with Gasteiger partial charge in [0, 0.05) is 41.5 Å². The van der Waals surface area contributed by atoms with E-state index in [2.05, 4.69) is 36.9 Å². The molecule has 4 heterocycles. The zero-order chi connectivity index (χ0) is 25.1. The van der Waals surface area contributed by atoms with E-state index in [0.29, 0.717) is 33.9 Å². The van der Waals surface area contributed by atoms with Crippen molar-refractivity contribution in [2.24, 2.45) is 0 Å². The van der Waals surface area contributed by atoms with Gasteiger partial charge in [-0.05, 0) is 30.3 Å². The van der Waals surface area contributed by atoms with Crippen LogP contribution in [0.2, 0.25) is 0 Å². The molecule has 1 aromatic carbocycles. The summed E-state index contributed by atoms with van der Waals surface area (Å²) >= 11 is 0. The molecule has 0 aliphatic carbocycles. The number of hydrogen-bond donors (Lipinski definition) is 2. The highest BCUT2D eigenvalue weighted by molar-refractivity contribution is 5.99. The van der Waals surface area contributed by atoms with Crippen LogP contribution >= 0.6 is 0 Å². The zero-order valence-electron chi connectivity index (χ0n) is 18.7. The summed E-state index contributed by atoms with van der Waals surface area (Å²) in [6.07, 6.45) is 4.51. The third-order valence-electron chi connectivity index (χ3n) is 5.21. The van der Waals surface area contributed by atoms with E-state index in [4.69, 9.17) is 4.74 Å². The minimum absolute atomic E-state index is 0.148. The molecule has 0 aliphatic rings. The van der Waals surface area contributed by atoms with Crippen molar-refractivity contribution in [3.05, 3.63) is 91.3 Å². The van der Waals surface area contributed by atoms with Crippen LogP contribution in [0, 0.1) is 0 Å². The van der Waals surface area contributed by atoms with Gasteiger partial charge < -0.3 is 15.0 Å². The van der Waals surface area contributed by atoms with E-state index in [1.54, 1.807) is 55.0 Å². The topological polar surface area (TPSA) is 111 Å². The predicted molar refractivity (Wildman–Crippen MR) is 129 cm³/mol. The number of nitrogens with one attached hydrogen (secondary N) is 2. The number of hydrogen-bond acceptors (Lipinski definition) is 6. The van der Waals surface area contributed by atoms with Crippen molar-refractivity contribution in [1.29, 1.82) is 0 Å². The maximum absolute atomic E-state index is 13.9. The van der Waals surface area contributed by atoms with E-state index in [9.17, 15) is 13.6 Å². The Morgan fingerprint density at radius 2 is 2.08 bits per heavy atom. The van der Waals surface area contributed by atoms with Gasteiger partial charge in [-0.15, -0.1) is 0 Å². The highest BCUT2D eigenvalue weighted by Gasteiger charge is 2.23. The number of carbonyl (C=O) groups excluding carboxylic acids is 1. The molecular weight excluding hydrogens is 468 g/mol. The van der Waals surface area contributed by atoms with Crippen molar-refractivity contribution in [2.45, 2.75) is 13.0 Å². The van der Waals surface area contributed by atoms with Crippen molar-refractivity contribution >= 4 is 22.8 Å². The van der Waals surface area contributed by atoms with Crippen LogP contribution in [-0.2, 0) is 11.3 Å². The van der Waals surface area contributed by atoms with Crippen LogP contribution in [0.1, 0.15) is 17.8 Å². The predicted octanol–water partition coefficient (Wildman–Crippen LogP) is 5.12. The first kappa shape index (κ1) is 22.8. The maximum atomic E-state index is 13.9. The van der Waals surface area contributed by atoms with Gasteiger partial charge in [-0.2, -0.15) is 5.10 Å². The van der Waals surface area contributed by atoms with E-state index >= 15 is 0 Å². The first-order chi connectivity index (χ1) is 17.5. The Hall–Kier alpha value is -4.93. The Morgan fingerprint density at radius 3 is 2.86 bits per heavy atom. The molecule has 9 nitrogen and oxygen atoms in total. The summed E-state index contributed by atoms with van der Waals surface area (Å²) in [5, 5.41) is 6.74. The number of anilines is 1. The molecule has 0 fully saturated rings. The fourth-order valence-corrected chi connectivity index (χ4v) is 3.62. The van der Waals surface area contributed by atoms with E-state index in [1.807, 2.05) is 6.07 Å². The molecule has 0 bridgehead atoms. The molecule has 0 saturated carbocycles. The normalized spacial score (nSPS) is 11.1. The smallest absolute Gasteiger partial charge is 0.282 e. The lowest BCUT2D eigenvalue weighted by Crippen LogP contribution is -2.07. The lowest BCUT2D eigenvalue weighted by molar-refractivity contribution is -0.111. The lowest BCUT2D eigenvalue weighted by Gasteiger charge is -2.07. The van der Waals surface area contributed by atoms with Gasteiger partial charge in [0.15, 0.2) is 5.65 Å². The molecule has 5 aromatic rings. The molecule has 11 heteroatoms. The fraction of sp³-hybridized carbons (Fsp3) is 0.0800. The number of aromatic nitrogens is 6. The summed E-state index contributed by atoms with van der Waals surface area (Å²) in [5.74, 6) is 0.192. The van der Waals surface area contributed by atoms with Gasteiger partial charge in [0.1, 0.15) is 17.0 Å². The fourth-order valence-electron chi connectivity index (χ4n) is 3.62. The number of aromatic amines is 1. The molecule has 1 amide bonds. The number of benzene rings is 1. The summed E-state index contributed by atoms with van der Waals surface area (Å²) in [7, 11) is 0. The van der Waals surface area contributed by atoms with Crippen LogP contribution in [0.4, 0.5) is 14.5 Å². The van der Waals surface area contributed by atoms with Crippen LogP contribution < -0.4 is 10.1 Å². The molecule has 180 valence electrons. The molecule has 5 rings (SSSR count). The SMILES string of the molecule is C=CC(=O)Nc1cccc(Oc2cnc3[nH]cc(-c4cn(Cc5ccccn5)nc4C(F)F)c3n2)c1. The number of H-pyrrole nitrogens is 1. The van der Waals surface area contributed by atoms with E-state index in [-0.39, 0.29) is 29.6 Å². The largest absolute Gasteiger partial charge is 0.437 e. The van der Waals surface area contributed by atoms with E-state index < -0.39 is 6.43 Å². The van der Waals surface area contributed by atoms with Crippen LogP contribution in [-0.4, -0.2) is 35.6 Å². The maximum Gasteiger partial charge on any atom is 0.282 e. The number of ether oxygens (including phenoxy) is 1. The third-order valence-corrected chi connectivity index (χ3v) is 5.21. The number of alkyl halides is 2. The van der Waals surface area contributed by atoms with Gasteiger partial charge >= 0.3 is 0 Å². The average Bonchev–Trinajstić information content (AvgIpc) is 3.48. The van der Waals surface area contributed by atoms with Gasteiger partial charge in [0.05, 0.1) is 18.4 Å². The summed E-state index contributed by atoms with van der Waals surface area (Å²) < 4.78 is 35.0. The summed E-state index contributed by atoms with van der Waals surface area (Å²) in [4.78, 5) is 27.5. The van der Waals surface area contributed by atoms with Crippen LogP contribution in [0.3, 0.4) is 0 Å². The molecule has 36 heavy (non-hydrogen) atoms. The first-order valence-electron chi connectivity index (χ1n) is 10.8. The number of pyridine rings is 1. The van der Waals surface area contributed by atoms with Crippen LogP contribution in [0.25, 0.3) is 22.3 Å². The number of halogens is 2. The van der Waals surface area contributed by atoms with Gasteiger partial charge in [0.2, 0.25) is 11.8 Å². The highest BCUT2D eigenvalue weighted by Crippen LogP contribution is 2.35. The molecule has 0 atom stereocenters. The number of carbonyl (C=O) groups is 1. The second kappa shape index (κ2) is 9.74. The van der Waals surface area contributed by atoms with E-state index in [0.717, 1.165) is 6.08 Å². The number of nitrogens with zero attached hydrogens (tertiary/aromatic N) is 5. The van der Waals surface area contributed by atoms with Gasteiger partial charge in [-0.25, -0.2) is 18.7 Å². The van der Waals surface area contributed by atoms with Crippen molar-refractivity contribution in [3.8, 4) is 22.8 Å². The Balaban J connectivity index is 1.47.